The lowest BCUT2D eigenvalue weighted by Crippen LogP contribution is -1.87. The number of fused-ring (bicyclic) bond motifs is 1. The van der Waals surface area contributed by atoms with Crippen LogP contribution in [0.1, 0.15) is 15.9 Å². The van der Waals surface area contributed by atoms with Crippen molar-refractivity contribution in [1.29, 1.82) is 0 Å². The molecule has 2 rings (SSSR count). The van der Waals surface area contributed by atoms with Crippen LogP contribution in [0, 0.1) is 0 Å². The lowest BCUT2D eigenvalue weighted by Gasteiger charge is -1.98. The van der Waals surface area contributed by atoms with Gasteiger partial charge in [-0.1, -0.05) is 0 Å². The number of carbonyl (C=O) groups is 1. The Labute approximate surface area is 84.8 Å². The van der Waals surface area contributed by atoms with Crippen molar-refractivity contribution in [2.24, 2.45) is 0 Å². The molecule has 14 heavy (non-hydrogen) atoms. The Balaban J connectivity index is 2.78. The second-order valence-corrected chi connectivity index (χ2v) is 4.14. The SMILES string of the molecule is Nc1cc2c(C=O)cc(CO)cc2s1. The van der Waals surface area contributed by atoms with Crippen LogP contribution in [0.3, 0.4) is 0 Å². The number of nitrogen functional groups attached to an aromatic ring is 1. The van der Waals surface area contributed by atoms with E-state index in [2.05, 4.69) is 0 Å². The Morgan fingerprint density at radius 3 is 2.86 bits per heavy atom. The average molecular weight is 207 g/mol. The van der Waals surface area contributed by atoms with E-state index in [4.69, 9.17) is 10.8 Å². The largest absolute Gasteiger partial charge is 0.392 e. The molecule has 0 radical (unpaired) electrons. The summed E-state index contributed by atoms with van der Waals surface area (Å²) in [7, 11) is 0. The first kappa shape index (κ1) is 9.18. The highest BCUT2D eigenvalue weighted by atomic mass is 32.1. The number of aliphatic hydroxyl groups is 1. The standard InChI is InChI=1S/C10H9NO2S/c11-10-3-8-7(5-13)1-6(4-12)2-9(8)14-10/h1-3,5,12H,4,11H2. The van der Waals surface area contributed by atoms with Crippen molar-refractivity contribution in [3.8, 4) is 0 Å². The van der Waals surface area contributed by atoms with Crippen molar-refractivity contribution in [2.75, 3.05) is 5.73 Å². The van der Waals surface area contributed by atoms with E-state index in [1.54, 1.807) is 12.1 Å². The van der Waals surface area contributed by atoms with Gasteiger partial charge in [-0.15, -0.1) is 11.3 Å². The van der Waals surface area contributed by atoms with Gasteiger partial charge in [0.05, 0.1) is 11.6 Å². The molecular formula is C10H9NO2S. The number of aliphatic hydroxyl groups excluding tert-OH is 1. The van der Waals surface area contributed by atoms with Crippen molar-refractivity contribution >= 4 is 32.7 Å². The molecule has 0 aliphatic heterocycles. The molecule has 1 aromatic carbocycles. The molecule has 0 aliphatic rings. The van der Waals surface area contributed by atoms with Gasteiger partial charge >= 0.3 is 0 Å². The Hall–Kier alpha value is -1.39. The summed E-state index contributed by atoms with van der Waals surface area (Å²) in [6, 6.07) is 5.32. The molecule has 0 aliphatic carbocycles. The number of thiophene rings is 1. The third-order valence-electron chi connectivity index (χ3n) is 2.06. The highest BCUT2D eigenvalue weighted by Crippen LogP contribution is 2.30. The zero-order valence-electron chi connectivity index (χ0n) is 7.36. The van der Waals surface area contributed by atoms with E-state index in [9.17, 15) is 4.79 Å². The quantitative estimate of drug-likeness (QED) is 0.738. The van der Waals surface area contributed by atoms with Crippen LogP contribution < -0.4 is 5.73 Å². The number of anilines is 1. The predicted octanol–water partition coefficient (Wildman–Crippen LogP) is 1.79. The average Bonchev–Trinajstić information content (AvgIpc) is 2.56. The molecule has 0 bridgehead atoms. The van der Waals surface area contributed by atoms with Crippen molar-refractivity contribution in [2.45, 2.75) is 6.61 Å². The molecule has 1 aromatic heterocycles. The van der Waals surface area contributed by atoms with Gasteiger partial charge in [0.15, 0.2) is 6.29 Å². The molecule has 2 aromatic rings. The summed E-state index contributed by atoms with van der Waals surface area (Å²) in [5.74, 6) is 0. The number of hydrogen-bond acceptors (Lipinski definition) is 4. The Morgan fingerprint density at radius 2 is 2.21 bits per heavy atom. The van der Waals surface area contributed by atoms with Crippen molar-refractivity contribution in [3.63, 3.8) is 0 Å². The molecule has 0 spiro atoms. The van der Waals surface area contributed by atoms with Crippen LogP contribution >= 0.6 is 11.3 Å². The van der Waals surface area contributed by atoms with Crippen molar-refractivity contribution in [3.05, 3.63) is 29.3 Å². The van der Waals surface area contributed by atoms with Gasteiger partial charge in [0.25, 0.3) is 0 Å². The van der Waals surface area contributed by atoms with Crippen LogP contribution in [0.25, 0.3) is 10.1 Å². The zero-order valence-corrected chi connectivity index (χ0v) is 8.17. The number of aldehydes is 1. The lowest BCUT2D eigenvalue weighted by atomic mass is 10.1. The number of rotatable bonds is 2. The molecule has 0 fully saturated rings. The third-order valence-corrected chi connectivity index (χ3v) is 2.97. The lowest BCUT2D eigenvalue weighted by molar-refractivity contribution is 0.112. The minimum Gasteiger partial charge on any atom is -0.392 e. The highest BCUT2D eigenvalue weighted by Gasteiger charge is 2.06. The maximum absolute atomic E-state index is 10.8. The van der Waals surface area contributed by atoms with E-state index in [0.717, 1.165) is 21.9 Å². The van der Waals surface area contributed by atoms with E-state index in [-0.39, 0.29) is 6.61 Å². The minimum atomic E-state index is -0.0609. The molecule has 1 heterocycles. The first-order valence-corrected chi connectivity index (χ1v) is 4.94. The fourth-order valence-electron chi connectivity index (χ4n) is 1.43. The summed E-state index contributed by atoms with van der Waals surface area (Å²) < 4.78 is 0.941. The molecule has 72 valence electrons. The van der Waals surface area contributed by atoms with Crippen LogP contribution in [-0.2, 0) is 6.61 Å². The molecule has 0 atom stereocenters. The smallest absolute Gasteiger partial charge is 0.150 e. The van der Waals surface area contributed by atoms with Gasteiger partial charge in [-0.3, -0.25) is 4.79 Å². The Morgan fingerprint density at radius 1 is 1.43 bits per heavy atom. The normalized spacial score (nSPS) is 10.6. The fourth-order valence-corrected chi connectivity index (χ4v) is 2.36. The molecule has 0 unspecified atom stereocenters. The maximum Gasteiger partial charge on any atom is 0.150 e. The van der Waals surface area contributed by atoms with Crippen LogP contribution in [0.2, 0.25) is 0 Å². The fraction of sp³-hybridized carbons (Fsp3) is 0.100. The van der Waals surface area contributed by atoms with Crippen LogP contribution in [0.5, 0.6) is 0 Å². The summed E-state index contributed by atoms with van der Waals surface area (Å²) in [5, 5.41) is 10.5. The van der Waals surface area contributed by atoms with Gasteiger partial charge in [0.2, 0.25) is 0 Å². The summed E-state index contributed by atoms with van der Waals surface area (Å²) in [6.45, 7) is -0.0609. The summed E-state index contributed by atoms with van der Waals surface area (Å²) in [4.78, 5) is 10.8. The summed E-state index contributed by atoms with van der Waals surface area (Å²) in [5.41, 5.74) is 6.97. The monoisotopic (exact) mass is 207 g/mol. The Bertz CT molecular complexity index is 490. The van der Waals surface area contributed by atoms with Crippen LogP contribution in [0.15, 0.2) is 18.2 Å². The first-order chi connectivity index (χ1) is 6.74. The van der Waals surface area contributed by atoms with E-state index < -0.39 is 0 Å². The van der Waals surface area contributed by atoms with Gasteiger partial charge in [-0.2, -0.15) is 0 Å². The molecule has 0 saturated heterocycles. The third kappa shape index (κ3) is 1.38. The van der Waals surface area contributed by atoms with Crippen LogP contribution in [-0.4, -0.2) is 11.4 Å². The van der Waals surface area contributed by atoms with Gasteiger partial charge in [0, 0.05) is 15.6 Å². The minimum absolute atomic E-state index is 0.0609. The topological polar surface area (TPSA) is 63.3 Å². The second kappa shape index (κ2) is 3.40. The van der Waals surface area contributed by atoms with Crippen LogP contribution in [0.4, 0.5) is 5.00 Å². The summed E-state index contributed by atoms with van der Waals surface area (Å²) >= 11 is 1.42. The molecule has 3 N–H and O–H groups in total. The number of nitrogens with two attached hydrogens (primary N) is 1. The summed E-state index contributed by atoms with van der Waals surface area (Å²) in [6.07, 6.45) is 0.785. The van der Waals surface area contributed by atoms with Gasteiger partial charge in [-0.25, -0.2) is 0 Å². The van der Waals surface area contributed by atoms with Gasteiger partial charge < -0.3 is 10.8 Å². The van der Waals surface area contributed by atoms with Crippen molar-refractivity contribution < 1.29 is 9.90 Å². The zero-order chi connectivity index (χ0) is 10.1. The predicted molar refractivity (Wildman–Crippen MR) is 57.5 cm³/mol. The number of carbonyl (C=O) groups excluding carboxylic acids is 1. The van der Waals surface area contributed by atoms with Crippen molar-refractivity contribution in [1.82, 2.24) is 0 Å². The molecular weight excluding hydrogens is 198 g/mol. The van der Waals surface area contributed by atoms with E-state index >= 15 is 0 Å². The van der Waals surface area contributed by atoms with E-state index in [1.165, 1.54) is 11.3 Å². The maximum atomic E-state index is 10.8. The van der Waals surface area contributed by atoms with E-state index in [0.29, 0.717) is 10.6 Å². The van der Waals surface area contributed by atoms with E-state index in [1.807, 2.05) is 6.07 Å². The molecule has 4 heteroatoms. The number of hydrogen-bond donors (Lipinski definition) is 2. The van der Waals surface area contributed by atoms with Gasteiger partial charge in [0.1, 0.15) is 0 Å². The highest BCUT2D eigenvalue weighted by molar-refractivity contribution is 7.22. The second-order valence-electron chi connectivity index (χ2n) is 3.02. The molecule has 3 nitrogen and oxygen atoms in total. The Kier molecular flexibility index (Phi) is 2.23. The molecule has 0 saturated carbocycles. The van der Waals surface area contributed by atoms with Gasteiger partial charge in [-0.05, 0) is 23.8 Å². The first-order valence-electron chi connectivity index (χ1n) is 4.12. The number of benzene rings is 1. The molecule has 0 amide bonds.